The Morgan fingerprint density at radius 2 is 1.95 bits per heavy atom. The van der Waals surface area contributed by atoms with Gasteiger partial charge in [0.2, 0.25) is 0 Å². The van der Waals surface area contributed by atoms with Gasteiger partial charge in [0.05, 0.1) is 11.2 Å². The van der Waals surface area contributed by atoms with Crippen LogP contribution in [-0.4, -0.2) is 28.8 Å². The lowest BCUT2D eigenvalue weighted by Gasteiger charge is -2.29. The molecule has 0 bridgehead atoms. The first-order chi connectivity index (χ1) is 9.08. The number of nitrogens with zero attached hydrogens (tertiary/aromatic N) is 3. The second-order valence-corrected chi connectivity index (χ2v) is 5.00. The Kier molecular flexibility index (Phi) is 4.61. The molecule has 0 saturated carbocycles. The molecule has 0 atom stereocenters. The third kappa shape index (κ3) is 4.10. The number of hydrogen-bond acceptors (Lipinski definition) is 4. The van der Waals surface area contributed by atoms with Gasteiger partial charge in [-0.05, 0) is 32.9 Å². The smallest absolute Gasteiger partial charge is 0.389 e. The minimum Gasteiger partial charge on any atom is -0.389 e. The summed E-state index contributed by atoms with van der Waals surface area (Å²) in [6.45, 7) is 5.19. The van der Waals surface area contributed by atoms with Crippen molar-refractivity contribution in [3.05, 3.63) is 23.4 Å². The Morgan fingerprint density at radius 3 is 2.35 bits per heavy atom. The van der Waals surface area contributed by atoms with Crippen LogP contribution in [0, 0.1) is 11.3 Å². The molecule has 1 rings (SSSR count). The van der Waals surface area contributed by atoms with Gasteiger partial charge in [-0.25, -0.2) is 4.98 Å². The average molecular weight is 287 g/mol. The number of pyridine rings is 1. The summed E-state index contributed by atoms with van der Waals surface area (Å²) in [6, 6.07) is 3.69. The fourth-order valence-corrected chi connectivity index (χ4v) is 1.74. The van der Waals surface area contributed by atoms with Crippen molar-refractivity contribution in [1.82, 2.24) is 4.98 Å². The van der Waals surface area contributed by atoms with E-state index in [9.17, 15) is 18.3 Å². The summed E-state index contributed by atoms with van der Waals surface area (Å²) in [5, 5.41) is 18.8. The summed E-state index contributed by atoms with van der Waals surface area (Å²) in [4.78, 5) is 4.99. The maximum Gasteiger partial charge on any atom is 0.433 e. The topological polar surface area (TPSA) is 60.1 Å². The first kappa shape index (κ1) is 16.2. The zero-order chi connectivity index (χ0) is 15.6. The van der Waals surface area contributed by atoms with Gasteiger partial charge in [0, 0.05) is 13.1 Å². The van der Waals surface area contributed by atoms with Crippen LogP contribution >= 0.6 is 0 Å². The van der Waals surface area contributed by atoms with Crippen LogP contribution < -0.4 is 4.90 Å². The Morgan fingerprint density at radius 1 is 1.35 bits per heavy atom. The molecular weight excluding hydrogens is 271 g/mol. The number of alkyl halides is 3. The van der Waals surface area contributed by atoms with Crippen LogP contribution in [0.5, 0.6) is 0 Å². The van der Waals surface area contributed by atoms with Gasteiger partial charge in [-0.15, -0.1) is 0 Å². The molecule has 0 aliphatic rings. The lowest BCUT2D eigenvalue weighted by atomic mass is 10.1. The summed E-state index contributed by atoms with van der Waals surface area (Å²) >= 11 is 0. The number of anilines is 1. The summed E-state index contributed by atoms with van der Waals surface area (Å²) < 4.78 is 38.1. The molecule has 0 saturated heterocycles. The maximum absolute atomic E-state index is 12.7. The molecule has 0 fully saturated rings. The van der Waals surface area contributed by atoms with Crippen LogP contribution in [0.1, 0.15) is 32.0 Å². The summed E-state index contributed by atoms with van der Waals surface area (Å²) in [5.41, 5.74) is -2.12. The number of aliphatic hydroxyl groups is 1. The van der Waals surface area contributed by atoms with E-state index in [-0.39, 0.29) is 17.9 Å². The van der Waals surface area contributed by atoms with Crippen molar-refractivity contribution < 1.29 is 18.3 Å². The highest BCUT2D eigenvalue weighted by molar-refractivity contribution is 5.54. The minimum atomic E-state index is -4.57. The molecule has 1 aromatic heterocycles. The van der Waals surface area contributed by atoms with E-state index in [0.717, 1.165) is 12.1 Å². The zero-order valence-corrected chi connectivity index (χ0v) is 11.5. The highest BCUT2D eigenvalue weighted by Crippen LogP contribution is 2.30. The fraction of sp³-hybridized carbons (Fsp3) is 0.538. The van der Waals surface area contributed by atoms with Crippen molar-refractivity contribution in [1.29, 1.82) is 5.26 Å². The second-order valence-electron chi connectivity index (χ2n) is 5.00. The lowest BCUT2D eigenvalue weighted by Crippen LogP contribution is -2.39. The molecule has 0 radical (unpaired) electrons. The fourth-order valence-electron chi connectivity index (χ4n) is 1.74. The Bertz CT molecular complexity index is 515. The van der Waals surface area contributed by atoms with E-state index >= 15 is 0 Å². The van der Waals surface area contributed by atoms with Crippen LogP contribution in [0.4, 0.5) is 19.0 Å². The van der Waals surface area contributed by atoms with E-state index in [1.165, 1.54) is 18.7 Å². The van der Waals surface area contributed by atoms with E-state index in [1.807, 2.05) is 6.07 Å². The Balaban J connectivity index is 3.29. The van der Waals surface area contributed by atoms with E-state index in [1.54, 1.807) is 6.92 Å². The van der Waals surface area contributed by atoms with Crippen LogP contribution in [0.15, 0.2) is 12.1 Å². The van der Waals surface area contributed by atoms with Crippen LogP contribution in [-0.2, 0) is 6.18 Å². The largest absolute Gasteiger partial charge is 0.433 e. The number of rotatable bonds is 4. The van der Waals surface area contributed by atoms with Gasteiger partial charge in [-0.3, -0.25) is 0 Å². The Labute approximate surface area is 115 Å². The van der Waals surface area contributed by atoms with Crippen molar-refractivity contribution in [2.24, 2.45) is 0 Å². The van der Waals surface area contributed by atoms with Gasteiger partial charge in [-0.2, -0.15) is 18.4 Å². The molecule has 1 aromatic rings. The third-order valence-electron chi connectivity index (χ3n) is 2.55. The number of aromatic nitrogens is 1. The minimum absolute atomic E-state index is 0.0455. The molecule has 0 spiro atoms. The van der Waals surface area contributed by atoms with Crippen molar-refractivity contribution in [3.8, 4) is 6.07 Å². The number of likely N-dealkylation sites (N-methyl/N-ethyl adjacent to an activating group) is 1. The Hall–Kier alpha value is -1.81. The molecule has 4 nitrogen and oxygen atoms in total. The van der Waals surface area contributed by atoms with Gasteiger partial charge < -0.3 is 10.0 Å². The van der Waals surface area contributed by atoms with Crippen molar-refractivity contribution in [2.75, 3.05) is 18.0 Å². The summed E-state index contributed by atoms with van der Waals surface area (Å²) in [7, 11) is 0. The molecule has 20 heavy (non-hydrogen) atoms. The van der Waals surface area contributed by atoms with E-state index in [4.69, 9.17) is 5.26 Å². The van der Waals surface area contributed by atoms with Crippen molar-refractivity contribution in [2.45, 2.75) is 32.5 Å². The first-order valence-electron chi connectivity index (χ1n) is 6.04. The highest BCUT2D eigenvalue weighted by Gasteiger charge is 2.34. The quantitative estimate of drug-likeness (QED) is 0.924. The van der Waals surface area contributed by atoms with Gasteiger partial charge in [0.1, 0.15) is 17.6 Å². The predicted molar refractivity (Wildman–Crippen MR) is 68.1 cm³/mol. The van der Waals surface area contributed by atoms with Crippen LogP contribution in [0.25, 0.3) is 0 Å². The van der Waals surface area contributed by atoms with E-state index in [0.29, 0.717) is 6.54 Å². The molecule has 0 aromatic carbocycles. The molecule has 0 aliphatic heterocycles. The molecule has 1 N–H and O–H groups in total. The van der Waals surface area contributed by atoms with Gasteiger partial charge in [0.25, 0.3) is 0 Å². The summed E-state index contributed by atoms with van der Waals surface area (Å²) in [5.74, 6) is -0.0630. The maximum atomic E-state index is 12.7. The number of nitriles is 1. The normalized spacial score (nSPS) is 12.1. The van der Waals surface area contributed by atoms with Crippen LogP contribution in [0.2, 0.25) is 0 Å². The van der Waals surface area contributed by atoms with Crippen molar-refractivity contribution >= 4 is 5.82 Å². The van der Waals surface area contributed by atoms with Crippen LogP contribution in [0.3, 0.4) is 0 Å². The number of halogens is 3. The second kappa shape index (κ2) is 5.67. The van der Waals surface area contributed by atoms with E-state index in [2.05, 4.69) is 4.98 Å². The first-order valence-corrected chi connectivity index (χ1v) is 6.04. The van der Waals surface area contributed by atoms with Gasteiger partial charge in [0.15, 0.2) is 0 Å². The third-order valence-corrected chi connectivity index (χ3v) is 2.55. The molecule has 110 valence electrons. The molecule has 7 heteroatoms. The van der Waals surface area contributed by atoms with E-state index < -0.39 is 17.5 Å². The molecule has 0 amide bonds. The zero-order valence-electron chi connectivity index (χ0n) is 11.5. The number of hydrogen-bond donors (Lipinski definition) is 1. The molecular formula is C13H16F3N3O. The average Bonchev–Trinajstić information content (AvgIpc) is 2.33. The SMILES string of the molecule is CCN(CC(C)(C)O)c1nc(C(F)(F)F)ccc1C#N. The molecule has 1 heterocycles. The molecule has 0 unspecified atom stereocenters. The molecule has 0 aliphatic carbocycles. The van der Waals surface area contributed by atoms with Gasteiger partial charge in [-0.1, -0.05) is 0 Å². The lowest BCUT2D eigenvalue weighted by molar-refractivity contribution is -0.141. The van der Waals surface area contributed by atoms with Gasteiger partial charge >= 0.3 is 6.18 Å². The summed E-state index contributed by atoms with van der Waals surface area (Å²) in [6.07, 6.45) is -4.57. The monoisotopic (exact) mass is 287 g/mol. The van der Waals surface area contributed by atoms with Crippen molar-refractivity contribution in [3.63, 3.8) is 0 Å². The predicted octanol–water partition coefficient (Wildman–Crippen LogP) is 2.57. The standard InChI is InChI=1S/C13H16F3N3O/c1-4-19(8-12(2,3)20)11-9(7-17)5-6-10(18-11)13(14,15)16/h5-6,20H,4,8H2,1-3H3. The highest BCUT2D eigenvalue weighted by atomic mass is 19.4.